The molecule has 0 unspecified atom stereocenters. The molecule has 2 aromatic carbocycles. The summed E-state index contributed by atoms with van der Waals surface area (Å²) in [5, 5.41) is 16.1. The lowest BCUT2D eigenvalue weighted by molar-refractivity contribution is 0.355. The van der Waals surface area contributed by atoms with Crippen LogP contribution in [0, 0.1) is 0 Å². The first-order valence-electron chi connectivity index (χ1n) is 7.92. The zero-order chi connectivity index (χ0) is 15.6. The molecule has 1 N–H and O–H groups in total. The lowest BCUT2D eigenvalue weighted by atomic mass is 10.1. The van der Waals surface area contributed by atoms with E-state index in [0.717, 1.165) is 41.3 Å². The number of benzene rings is 2. The van der Waals surface area contributed by atoms with E-state index in [1.807, 2.05) is 12.1 Å². The van der Waals surface area contributed by atoms with Gasteiger partial charge in [0, 0.05) is 30.9 Å². The molecule has 0 spiro atoms. The fraction of sp³-hybridized carbons (Fsp3) is 0.278. The summed E-state index contributed by atoms with van der Waals surface area (Å²) in [7, 11) is 0. The molecule has 1 fully saturated rings. The number of fused-ring (bicyclic) bond motifs is 1. The first-order valence-corrected chi connectivity index (χ1v) is 8.74. The summed E-state index contributed by atoms with van der Waals surface area (Å²) >= 11 is 1.62. The lowest BCUT2D eigenvalue weighted by Gasteiger charge is -2.32. The van der Waals surface area contributed by atoms with Gasteiger partial charge in [-0.05, 0) is 37.1 Å². The van der Waals surface area contributed by atoms with Crippen LogP contribution in [0.5, 0.6) is 5.75 Å². The van der Waals surface area contributed by atoms with Crippen LogP contribution in [0.25, 0.3) is 10.2 Å². The molecule has 4 rings (SSSR count). The van der Waals surface area contributed by atoms with Crippen LogP contribution in [-0.2, 0) is 5.11 Å². The molecule has 1 saturated heterocycles. The second-order valence-electron chi connectivity index (χ2n) is 5.90. The molecule has 0 saturated carbocycles. The predicted molar refractivity (Wildman–Crippen MR) is 95.1 cm³/mol. The molecule has 0 atom stereocenters. The summed E-state index contributed by atoms with van der Waals surface area (Å²) in [4.78, 5) is 7.00. The molecule has 117 valence electrons. The van der Waals surface area contributed by atoms with Gasteiger partial charge in [-0.25, -0.2) is 4.98 Å². The van der Waals surface area contributed by atoms with Gasteiger partial charge in [0.1, 0.15) is 0 Å². The number of piperidine rings is 1. The molecule has 23 heavy (non-hydrogen) atoms. The highest BCUT2D eigenvalue weighted by Crippen LogP contribution is 2.32. The van der Waals surface area contributed by atoms with Crippen LogP contribution in [0.2, 0.25) is 0 Å². The minimum Gasteiger partial charge on any atom is -0.382 e. The Morgan fingerprint density at radius 2 is 1.87 bits per heavy atom. The third kappa shape index (κ3) is 3.10. The average molecular weight is 324 g/mol. The molecule has 1 aliphatic heterocycles. The molecule has 1 aliphatic rings. The fourth-order valence-electron chi connectivity index (χ4n) is 3.01. The van der Waals surface area contributed by atoms with Crippen molar-refractivity contribution in [3.05, 3.63) is 48.5 Å². The number of nitrogens with zero attached hydrogens (tertiary/aromatic N) is 2. The van der Waals surface area contributed by atoms with Crippen LogP contribution in [-0.4, -0.2) is 24.1 Å². The Balaban J connectivity index is 1.42. The number of nitrogens with one attached hydrogen (secondary N) is 1. The Morgan fingerprint density at radius 3 is 2.65 bits per heavy atom. The molecule has 0 bridgehead atoms. The minimum absolute atomic E-state index is 0.0541. The van der Waals surface area contributed by atoms with Crippen molar-refractivity contribution in [1.29, 1.82) is 0 Å². The molecule has 0 aliphatic carbocycles. The van der Waals surface area contributed by atoms with Crippen molar-refractivity contribution in [1.82, 2.24) is 4.98 Å². The lowest BCUT2D eigenvalue weighted by Crippen LogP contribution is -2.39. The van der Waals surface area contributed by atoms with Gasteiger partial charge >= 0.3 is 0 Å². The molecular weight excluding hydrogens is 306 g/mol. The van der Waals surface area contributed by atoms with Gasteiger partial charge in [0.15, 0.2) is 10.9 Å². The summed E-state index contributed by atoms with van der Waals surface area (Å²) in [6.07, 6.45) is 2.19. The van der Waals surface area contributed by atoms with E-state index in [9.17, 15) is 5.11 Å². The van der Waals surface area contributed by atoms with Gasteiger partial charge in [-0.3, -0.25) is 5.11 Å². The van der Waals surface area contributed by atoms with Crippen molar-refractivity contribution in [2.75, 3.05) is 23.3 Å². The second-order valence-corrected chi connectivity index (χ2v) is 6.91. The first-order chi connectivity index (χ1) is 11.3. The van der Waals surface area contributed by atoms with Crippen molar-refractivity contribution in [3.63, 3.8) is 0 Å². The Bertz CT molecular complexity index is 794. The van der Waals surface area contributed by atoms with Crippen molar-refractivity contribution >= 4 is 32.4 Å². The number of aromatic nitrogens is 1. The largest absolute Gasteiger partial charge is 0.382 e. The maximum absolute atomic E-state index is 11.4. The molecule has 0 amide bonds. The molecule has 3 aromatic rings. The predicted octanol–water partition coefficient (Wildman–Crippen LogP) is 4.52. The minimum atomic E-state index is 0.0541. The maximum Gasteiger partial charge on any atom is 0.186 e. The Labute approximate surface area is 139 Å². The normalized spacial score (nSPS) is 15.9. The van der Waals surface area contributed by atoms with Gasteiger partial charge in [0.05, 0.1) is 10.2 Å². The quantitative estimate of drug-likeness (QED) is 0.770. The van der Waals surface area contributed by atoms with Gasteiger partial charge < -0.3 is 10.2 Å². The van der Waals surface area contributed by atoms with E-state index < -0.39 is 0 Å². The topological polar surface area (TPSA) is 48.1 Å². The summed E-state index contributed by atoms with van der Waals surface area (Å²) in [5.41, 5.74) is 2.11. The third-order valence-corrected chi connectivity index (χ3v) is 5.34. The van der Waals surface area contributed by atoms with Crippen LogP contribution in [0.3, 0.4) is 0 Å². The van der Waals surface area contributed by atoms with E-state index in [0.29, 0.717) is 6.04 Å². The van der Waals surface area contributed by atoms with E-state index >= 15 is 0 Å². The van der Waals surface area contributed by atoms with Crippen LogP contribution in [0.1, 0.15) is 12.8 Å². The van der Waals surface area contributed by atoms with Gasteiger partial charge in [-0.1, -0.05) is 29.5 Å². The zero-order valence-electron chi connectivity index (χ0n) is 12.7. The van der Waals surface area contributed by atoms with Crippen molar-refractivity contribution in [2.45, 2.75) is 18.9 Å². The SMILES string of the molecule is [O]c1ccc2nc(N3CCC(Nc4ccccc4)CC3)sc2c1. The monoisotopic (exact) mass is 324 g/mol. The number of para-hydroxylation sites is 1. The number of thiazole rings is 1. The molecule has 5 heteroatoms. The zero-order valence-corrected chi connectivity index (χ0v) is 13.6. The second kappa shape index (κ2) is 6.08. The maximum atomic E-state index is 11.4. The highest BCUT2D eigenvalue weighted by molar-refractivity contribution is 7.22. The van der Waals surface area contributed by atoms with Crippen molar-refractivity contribution < 1.29 is 5.11 Å². The summed E-state index contributed by atoms with van der Waals surface area (Å²) in [6, 6.07) is 16.0. The van der Waals surface area contributed by atoms with E-state index in [4.69, 9.17) is 0 Å². The van der Waals surface area contributed by atoms with Crippen molar-refractivity contribution in [3.8, 4) is 5.75 Å². The summed E-state index contributed by atoms with van der Waals surface area (Å²) < 4.78 is 0.983. The first kappa shape index (κ1) is 14.3. The Kier molecular flexibility index (Phi) is 3.79. The van der Waals surface area contributed by atoms with Gasteiger partial charge in [0.2, 0.25) is 0 Å². The molecule has 1 radical (unpaired) electrons. The van der Waals surface area contributed by atoms with Gasteiger partial charge in [0.25, 0.3) is 0 Å². The smallest absolute Gasteiger partial charge is 0.186 e. The van der Waals surface area contributed by atoms with Gasteiger partial charge in [-0.2, -0.15) is 0 Å². The molecular formula is C18H18N3OS. The molecule has 1 aromatic heterocycles. The number of rotatable bonds is 3. The highest BCUT2D eigenvalue weighted by Gasteiger charge is 2.21. The van der Waals surface area contributed by atoms with Crippen LogP contribution >= 0.6 is 11.3 Å². The Hall–Kier alpha value is -2.27. The number of hydrogen-bond acceptors (Lipinski definition) is 4. The Morgan fingerprint density at radius 1 is 1.09 bits per heavy atom. The average Bonchev–Trinajstić information content (AvgIpc) is 2.99. The van der Waals surface area contributed by atoms with Crippen LogP contribution in [0.4, 0.5) is 10.8 Å². The molecule has 4 nitrogen and oxygen atoms in total. The number of anilines is 2. The highest BCUT2D eigenvalue weighted by atomic mass is 32.1. The van der Waals surface area contributed by atoms with E-state index in [1.54, 1.807) is 23.5 Å². The van der Waals surface area contributed by atoms with E-state index in [-0.39, 0.29) is 5.75 Å². The van der Waals surface area contributed by atoms with E-state index in [1.165, 1.54) is 5.69 Å². The summed E-state index contributed by atoms with van der Waals surface area (Å²) in [6.45, 7) is 1.99. The fourth-order valence-corrected chi connectivity index (χ4v) is 4.06. The molecule has 2 heterocycles. The summed E-state index contributed by atoms with van der Waals surface area (Å²) in [5.74, 6) is 0.0541. The van der Waals surface area contributed by atoms with Crippen LogP contribution < -0.4 is 10.2 Å². The number of hydrogen-bond donors (Lipinski definition) is 1. The van der Waals surface area contributed by atoms with Crippen LogP contribution in [0.15, 0.2) is 48.5 Å². The van der Waals surface area contributed by atoms with Gasteiger partial charge in [-0.15, -0.1) is 0 Å². The third-order valence-electron chi connectivity index (χ3n) is 4.26. The standard InChI is InChI=1S/C18H18N3OS/c22-15-6-7-16-17(12-15)23-18(20-16)21-10-8-14(9-11-21)19-13-4-2-1-3-5-13/h1-7,12,14,19H,8-11H2. The van der Waals surface area contributed by atoms with Crippen molar-refractivity contribution in [2.24, 2.45) is 0 Å². The van der Waals surface area contributed by atoms with E-state index in [2.05, 4.69) is 39.5 Å².